The molecule has 0 fully saturated rings. The van der Waals surface area contributed by atoms with Crippen LogP contribution in [0.15, 0.2) is 30.3 Å². The average molecular weight is 234 g/mol. The number of nitrogen functional groups attached to an aromatic ring is 1. The van der Waals surface area contributed by atoms with Crippen molar-refractivity contribution in [2.24, 2.45) is 0 Å². The second kappa shape index (κ2) is 5.69. The number of benzene rings is 1. The Bertz CT molecular complexity index is 438. The quantitative estimate of drug-likeness (QED) is 0.532. The van der Waals surface area contributed by atoms with E-state index < -0.39 is 17.9 Å². The number of nitrogens with two attached hydrogens (primary N) is 1. The van der Waals surface area contributed by atoms with E-state index in [1.54, 1.807) is 30.3 Å². The van der Waals surface area contributed by atoms with Crippen molar-refractivity contribution in [2.75, 3.05) is 5.73 Å². The molecule has 90 valence electrons. The van der Waals surface area contributed by atoms with Gasteiger partial charge in [-0.3, -0.25) is 9.59 Å². The Labute approximate surface area is 98.9 Å². The van der Waals surface area contributed by atoms with Gasteiger partial charge in [-0.2, -0.15) is 0 Å². The Balaban J connectivity index is 2.56. The largest absolute Gasteiger partial charge is 0.480 e. The molecule has 5 nitrogen and oxygen atoms in total. The zero-order valence-corrected chi connectivity index (χ0v) is 9.38. The first kappa shape index (κ1) is 12.8. The Morgan fingerprint density at radius 1 is 1.35 bits per heavy atom. The maximum atomic E-state index is 11.3. The molecule has 1 atom stereocenters. The summed E-state index contributed by atoms with van der Waals surface area (Å²) in [5.74, 6) is -1.52. The van der Waals surface area contributed by atoms with Gasteiger partial charge in [0, 0.05) is 11.8 Å². The normalized spacial score (nSPS) is 12.3. The summed E-state index contributed by atoms with van der Waals surface area (Å²) >= 11 is 0. The molecule has 1 amide bonds. The fraction of sp³-hybridized carbons (Fsp3) is 0.167. The van der Waals surface area contributed by atoms with Crippen LogP contribution in [0.1, 0.15) is 12.5 Å². The molecule has 0 saturated carbocycles. The van der Waals surface area contributed by atoms with E-state index in [1.165, 1.54) is 13.0 Å². The van der Waals surface area contributed by atoms with Crippen LogP contribution in [0.5, 0.6) is 0 Å². The molecule has 0 aliphatic carbocycles. The summed E-state index contributed by atoms with van der Waals surface area (Å²) in [7, 11) is 0. The molecule has 4 N–H and O–H groups in total. The maximum Gasteiger partial charge on any atom is 0.325 e. The first-order valence-electron chi connectivity index (χ1n) is 5.06. The Morgan fingerprint density at radius 2 is 1.94 bits per heavy atom. The molecule has 1 rings (SSSR count). The molecule has 1 aromatic rings. The van der Waals surface area contributed by atoms with Crippen molar-refractivity contribution in [2.45, 2.75) is 13.0 Å². The van der Waals surface area contributed by atoms with Crippen molar-refractivity contribution in [3.05, 3.63) is 35.9 Å². The summed E-state index contributed by atoms with van der Waals surface area (Å²) in [5.41, 5.74) is 6.97. The van der Waals surface area contributed by atoms with Crippen LogP contribution in [0.25, 0.3) is 6.08 Å². The van der Waals surface area contributed by atoms with Crippen molar-refractivity contribution >= 4 is 23.6 Å². The standard InChI is InChI=1S/C12H14N2O3/c1-8(12(16)17)14-11(15)7-4-9-2-5-10(13)6-3-9/h2-8H,13H2,1H3,(H,14,15)(H,16,17)/b7-4+/t8-/m0/s1. The van der Waals surface area contributed by atoms with E-state index in [-0.39, 0.29) is 0 Å². The van der Waals surface area contributed by atoms with Gasteiger partial charge in [-0.15, -0.1) is 0 Å². The number of carboxylic acid groups (broad SMARTS) is 1. The van der Waals surface area contributed by atoms with E-state index in [0.29, 0.717) is 5.69 Å². The first-order chi connectivity index (χ1) is 7.99. The molecule has 0 heterocycles. The number of carbonyl (C=O) groups excluding carboxylic acids is 1. The van der Waals surface area contributed by atoms with Gasteiger partial charge in [-0.05, 0) is 30.7 Å². The average Bonchev–Trinajstić information content (AvgIpc) is 2.28. The summed E-state index contributed by atoms with van der Waals surface area (Å²) in [6.45, 7) is 1.40. The summed E-state index contributed by atoms with van der Waals surface area (Å²) in [6.07, 6.45) is 2.87. The van der Waals surface area contributed by atoms with E-state index in [1.807, 2.05) is 0 Å². The summed E-state index contributed by atoms with van der Waals surface area (Å²) in [6, 6.07) is 6.06. The van der Waals surface area contributed by atoms with Crippen molar-refractivity contribution < 1.29 is 14.7 Å². The van der Waals surface area contributed by atoms with Gasteiger partial charge in [-0.25, -0.2) is 0 Å². The molecule has 0 radical (unpaired) electrons. The van der Waals surface area contributed by atoms with Crippen LogP contribution >= 0.6 is 0 Å². The predicted molar refractivity (Wildman–Crippen MR) is 65.1 cm³/mol. The van der Waals surface area contributed by atoms with Crippen molar-refractivity contribution in [3.63, 3.8) is 0 Å². The number of carboxylic acids is 1. The number of amides is 1. The van der Waals surface area contributed by atoms with E-state index in [2.05, 4.69) is 5.32 Å². The number of rotatable bonds is 4. The van der Waals surface area contributed by atoms with Crippen LogP contribution in [0.2, 0.25) is 0 Å². The summed E-state index contributed by atoms with van der Waals surface area (Å²) < 4.78 is 0. The molecule has 0 aliphatic heterocycles. The lowest BCUT2D eigenvalue weighted by Crippen LogP contribution is -2.37. The van der Waals surface area contributed by atoms with E-state index in [9.17, 15) is 9.59 Å². The van der Waals surface area contributed by atoms with Gasteiger partial charge in [0.15, 0.2) is 0 Å². The fourth-order valence-electron chi connectivity index (χ4n) is 1.10. The number of aliphatic carboxylic acids is 1. The first-order valence-corrected chi connectivity index (χ1v) is 5.06. The highest BCUT2D eigenvalue weighted by molar-refractivity contribution is 5.94. The van der Waals surface area contributed by atoms with Crippen LogP contribution < -0.4 is 11.1 Å². The number of hydrogen-bond acceptors (Lipinski definition) is 3. The Hall–Kier alpha value is -2.30. The van der Waals surface area contributed by atoms with Gasteiger partial charge >= 0.3 is 5.97 Å². The van der Waals surface area contributed by atoms with Crippen molar-refractivity contribution in [1.29, 1.82) is 0 Å². The highest BCUT2D eigenvalue weighted by Gasteiger charge is 2.11. The van der Waals surface area contributed by atoms with Gasteiger partial charge in [-0.1, -0.05) is 12.1 Å². The van der Waals surface area contributed by atoms with Crippen LogP contribution in [-0.2, 0) is 9.59 Å². The molecule has 0 spiro atoms. The van der Waals surface area contributed by atoms with Crippen LogP contribution in [0, 0.1) is 0 Å². The van der Waals surface area contributed by atoms with Gasteiger partial charge < -0.3 is 16.2 Å². The number of nitrogens with one attached hydrogen (secondary N) is 1. The summed E-state index contributed by atoms with van der Waals surface area (Å²) in [4.78, 5) is 21.8. The van der Waals surface area contributed by atoms with Crippen LogP contribution in [0.4, 0.5) is 5.69 Å². The number of anilines is 1. The molecule has 0 saturated heterocycles. The van der Waals surface area contributed by atoms with E-state index >= 15 is 0 Å². The third-order valence-corrected chi connectivity index (χ3v) is 2.09. The van der Waals surface area contributed by atoms with Gasteiger partial charge in [0.2, 0.25) is 5.91 Å². The number of hydrogen-bond donors (Lipinski definition) is 3. The molecule has 0 bridgehead atoms. The zero-order valence-electron chi connectivity index (χ0n) is 9.38. The molecular formula is C12H14N2O3. The van der Waals surface area contributed by atoms with Crippen LogP contribution in [0.3, 0.4) is 0 Å². The topological polar surface area (TPSA) is 92.4 Å². The van der Waals surface area contributed by atoms with Crippen LogP contribution in [-0.4, -0.2) is 23.0 Å². The lowest BCUT2D eigenvalue weighted by molar-refractivity contribution is -0.140. The molecular weight excluding hydrogens is 220 g/mol. The minimum absolute atomic E-state index is 0.447. The van der Waals surface area contributed by atoms with Crippen molar-refractivity contribution in [1.82, 2.24) is 5.32 Å². The third-order valence-electron chi connectivity index (χ3n) is 2.09. The molecule has 17 heavy (non-hydrogen) atoms. The van der Waals surface area contributed by atoms with Crippen molar-refractivity contribution in [3.8, 4) is 0 Å². The fourth-order valence-corrected chi connectivity index (χ4v) is 1.10. The summed E-state index contributed by atoms with van der Waals surface area (Å²) in [5, 5.41) is 10.9. The molecule has 5 heteroatoms. The smallest absolute Gasteiger partial charge is 0.325 e. The molecule has 0 unspecified atom stereocenters. The SMILES string of the molecule is C[C@H](NC(=O)/C=C/c1ccc(N)cc1)C(=O)O. The van der Waals surface area contributed by atoms with E-state index in [0.717, 1.165) is 5.56 Å². The lowest BCUT2D eigenvalue weighted by atomic mass is 10.2. The second-order valence-electron chi connectivity index (χ2n) is 3.57. The van der Waals surface area contributed by atoms with Gasteiger partial charge in [0.25, 0.3) is 0 Å². The van der Waals surface area contributed by atoms with Gasteiger partial charge in [0.05, 0.1) is 0 Å². The van der Waals surface area contributed by atoms with Gasteiger partial charge in [0.1, 0.15) is 6.04 Å². The maximum absolute atomic E-state index is 11.3. The highest BCUT2D eigenvalue weighted by atomic mass is 16.4. The zero-order chi connectivity index (χ0) is 12.8. The minimum Gasteiger partial charge on any atom is -0.480 e. The highest BCUT2D eigenvalue weighted by Crippen LogP contribution is 2.06. The Morgan fingerprint density at radius 3 is 2.47 bits per heavy atom. The second-order valence-corrected chi connectivity index (χ2v) is 3.57. The minimum atomic E-state index is -1.07. The third kappa shape index (κ3) is 4.38. The number of carbonyl (C=O) groups is 2. The van der Waals surface area contributed by atoms with E-state index in [4.69, 9.17) is 10.8 Å². The molecule has 0 aliphatic rings. The molecule has 1 aromatic carbocycles. The molecule has 0 aromatic heterocycles. The predicted octanol–water partition coefficient (Wildman–Crippen LogP) is 0.871. The lowest BCUT2D eigenvalue weighted by Gasteiger charge is -2.05. The monoisotopic (exact) mass is 234 g/mol. The Kier molecular flexibility index (Phi) is 4.28.